The highest BCUT2D eigenvalue weighted by atomic mass is 16.4. The highest BCUT2D eigenvalue weighted by molar-refractivity contribution is 6.41. The van der Waals surface area contributed by atoms with E-state index >= 15 is 0 Å². The van der Waals surface area contributed by atoms with Gasteiger partial charge in [-0.1, -0.05) is 5.57 Å². The van der Waals surface area contributed by atoms with Crippen LogP contribution in [0.4, 0.5) is 0 Å². The maximum absolute atomic E-state index is 11.0. The number of amides is 1. The summed E-state index contributed by atoms with van der Waals surface area (Å²) in [5.41, 5.74) is 5.04. The number of carboxylic acids is 3. The number of aliphatic carboxylic acids is 3. The first-order chi connectivity index (χ1) is 11.2. The first-order valence-corrected chi connectivity index (χ1v) is 6.96. The molecule has 0 aromatic rings. The summed E-state index contributed by atoms with van der Waals surface area (Å²) in [5, 5.41) is 26.9. The number of carbonyl (C=O) groups excluding carboxylic acids is 1. The smallest absolute Gasteiger partial charge is 0.354 e. The first kappa shape index (κ1) is 19.0. The Morgan fingerprint density at radius 3 is 2.50 bits per heavy atom. The molecule has 10 nitrogen and oxygen atoms in total. The van der Waals surface area contributed by atoms with E-state index in [-0.39, 0.29) is 31.4 Å². The molecule has 1 amide bonds. The summed E-state index contributed by atoms with van der Waals surface area (Å²) >= 11 is 0. The normalized spacial score (nSPS) is 18.6. The summed E-state index contributed by atoms with van der Waals surface area (Å²) in [6.07, 6.45) is 2.41. The molecule has 0 bridgehead atoms. The van der Waals surface area contributed by atoms with Crippen molar-refractivity contribution in [1.29, 1.82) is 0 Å². The van der Waals surface area contributed by atoms with Crippen LogP contribution >= 0.6 is 0 Å². The maximum atomic E-state index is 11.0. The number of carbonyl (C=O) groups is 4. The third kappa shape index (κ3) is 5.99. The number of nitrogens with two attached hydrogens (primary N) is 1. The van der Waals surface area contributed by atoms with Crippen LogP contribution in [0.2, 0.25) is 0 Å². The third-order valence-corrected chi connectivity index (χ3v) is 3.18. The lowest BCUT2D eigenvalue weighted by Gasteiger charge is -2.15. The Kier molecular flexibility index (Phi) is 6.78. The van der Waals surface area contributed by atoms with Gasteiger partial charge in [0.1, 0.15) is 11.8 Å². The fraction of sp³-hybridized carbons (Fsp3) is 0.429. The van der Waals surface area contributed by atoms with E-state index in [1.54, 1.807) is 0 Å². The number of aliphatic imine (C=N–C) groups is 2. The van der Waals surface area contributed by atoms with E-state index in [0.717, 1.165) is 0 Å². The highest BCUT2D eigenvalue weighted by Gasteiger charge is 2.25. The number of primary amides is 1. The lowest BCUT2D eigenvalue weighted by atomic mass is 9.99. The minimum absolute atomic E-state index is 0.0111. The molecule has 0 aromatic carbocycles. The van der Waals surface area contributed by atoms with E-state index in [1.807, 2.05) is 0 Å². The molecule has 0 saturated heterocycles. The number of hydrogen-bond acceptors (Lipinski definition) is 6. The van der Waals surface area contributed by atoms with Crippen molar-refractivity contribution in [2.24, 2.45) is 15.7 Å². The molecule has 2 atom stereocenters. The van der Waals surface area contributed by atoms with Gasteiger partial charge in [0.2, 0.25) is 5.91 Å². The summed E-state index contributed by atoms with van der Waals surface area (Å²) in [5.74, 6) is -4.46. The molecule has 0 spiro atoms. The van der Waals surface area contributed by atoms with Crippen LogP contribution < -0.4 is 5.73 Å². The summed E-state index contributed by atoms with van der Waals surface area (Å²) < 4.78 is 0. The molecular formula is C14H17N3O7. The standard InChI is InChI=1S/C14H17N3O7/c15-11(18)2-1-8(12(19)20)16-4-3-7-5-9(13(21)22)17-10(6-7)14(23)24/h4-5,8,10H,1-3,6H2,(H2,15,18)(H,19,20)(H,21,22)(H,23,24)/t8-,10-/m0/s1. The van der Waals surface area contributed by atoms with Crippen molar-refractivity contribution in [2.75, 3.05) is 0 Å². The van der Waals surface area contributed by atoms with Gasteiger partial charge in [0.15, 0.2) is 6.04 Å². The van der Waals surface area contributed by atoms with Crippen molar-refractivity contribution in [3.05, 3.63) is 11.6 Å². The third-order valence-electron chi connectivity index (χ3n) is 3.18. The van der Waals surface area contributed by atoms with Gasteiger partial charge in [0.05, 0.1) is 0 Å². The summed E-state index contributed by atoms with van der Waals surface area (Å²) in [6, 6.07) is -2.35. The van der Waals surface area contributed by atoms with E-state index in [1.165, 1.54) is 12.3 Å². The molecule has 1 aliphatic heterocycles. The Hall–Kier alpha value is -3.04. The summed E-state index contributed by atoms with van der Waals surface area (Å²) in [7, 11) is 0. The van der Waals surface area contributed by atoms with E-state index in [4.69, 9.17) is 21.1 Å². The van der Waals surface area contributed by atoms with Crippen LogP contribution in [0.3, 0.4) is 0 Å². The van der Waals surface area contributed by atoms with Gasteiger partial charge in [-0.05, 0) is 12.5 Å². The Labute approximate surface area is 136 Å². The molecule has 1 rings (SSSR count). The number of hydrogen-bond donors (Lipinski definition) is 4. The molecule has 1 aliphatic rings. The average Bonchev–Trinajstić information content (AvgIpc) is 2.49. The number of nitrogens with zero attached hydrogens (tertiary/aromatic N) is 2. The zero-order valence-corrected chi connectivity index (χ0v) is 12.6. The molecule has 0 fully saturated rings. The van der Waals surface area contributed by atoms with E-state index in [9.17, 15) is 19.2 Å². The van der Waals surface area contributed by atoms with Gasteiger partial charge in [-0.15, -0.1) is 0 Å². The Bertz CT molecular complexity index is 636. The largest absolute Gasteiger partial charge is 0.480 e. The number of rotatable bonds is 9. The molecule has 0 aromatic heterocycles. The second-order valence-electron chi connectivity index (χ2n) is 5.08. The molecule has 5 N–H and O–H groups in total. The second kappa shape index (κ2) is 8.56. The van der Waals surface area contributed by atoms with Gasteiger partial charge in [-0.25, -0.2) is 14.4 Å². The van der Waals surface area contributed by atoms with Crippen molar-refractivity contribution in [1.82, 2.24) is 0 Å². The molecular weight excluding hydrogens is 322 g/mol. The molecule has 130 valence electrons. The molecule has 0 saturated carbocycles. The number of carboxylic acid groups (broad SMARTS) is 3. The lowest BCUT2D eigenvalue weighted by molar-refractivity contribution is -0.139. The van der Waals surface area contributed by atoms with E-state index < -0.39 is 35.9 Å². The van der Waals surface area contributed by atoms with Crippen molar-refractivity contribution in [3.63, 3.8) is 0 Å². The van der Waals surface area contributed by atoms with Crippen molar-refractivity contribution < 1.29 is 34.5 Å². The van der Waals surface area contributed by atoms with Gasteiger partial charge in [0, 0.05) is 25.5 Å². The van der Waals surface area contributed by atoms with Gasteiger partial charge in [0.25, 0.3) is 0 Å². The van der Waals surface area contributed by atoms with Gasteiger partial charge in [-0.3, -0.25) is 14.8 Å². The van der Waals surface area contributed by atoms with Crippen LogP contribution in [0.25, 0.3) is 0 Å². The summed E-state index contributed by atoms with van der Waals surface area (Å²) in [6.45, 7) is 0. The minimum Gasteiger partial charge on any atom is -0.480 e. The Balaban J connectivity index is 2.78. The highest BCUT2D eigenvalue weighted by Crippen LogP contribution is 2.18. The zero-order chi connectivity index (χ0) is 18.3. The monoisotopic (exact) mass is 339 g/mol. The summed E-state index contributed by atoms with van der Waals surface area (Å²) in [4.78, 5) is 51.1. The van der Waals surface area contributed by atoms with Crippen LogP contribution in [-0.4, -0.2) is 63.1 Å². The van der Waals surface area contributed by atoms with Crippen molar-refractivity contribution in [2.45, 2.75) is 37.8 Å². The first-order valence-electron chi connectivity index (χ1n) is 6.96. The van der Waals surface area contributed by atoms with Gasteiger partial charge < -0.3 is 21.1 Å². The van der Waals surface area contributed by atoms with Gasteiger partial charge >= 0.3 is 17.9 Å². The van der Waals surface area contributed by atoms with Crippen LogP contribution in [0.15, 0.2) is 21.6 Å². The Morgan fingerprint density at radius 2 is 2.00 bits per heavy atom. The zero-order valence-electron chi connectivity index (χ0n) is 12.6. The molecule has 0 unspecified atom stereocenters. The van der Waals surface area contributed by atoms with E-state index in [0.29, 0.717) is 5.57 Å². The fourth-order valence-electron chi connectivity index (χ4n) is 1.99. The molecule has 0 aliphatic carbocycles. The molecule has 1 heterocycles. The maximum Gasteiger partial charge on any atom is 0.354 e. The average molecular weight is 339 g/mol. The van der Waals surface area contributed by atoms with Crippen LogP contribution in [0.1, 0.15) is 25.7 Å². The minimum atomic E-state index is -1.35. The molecule has 10 heteroatoms. The molecule has 24 heavy (non-hydrogen) atoms. The van der Waals surface area contributed by atoms with Crippen molar-refractivity contribution in [3.8, 4) is 0 Å². The van der Waals surface area contributed by atoms with Crippen LogP contribution in [0, 0.1) is 0 Å². The van der Waals surface area contributed by atoms with Gasteiger partial charge in [-0.2, -0.15) is 0 Å². The Morgan fingerprint density at radius 1 is 1.33 bits per heavy atom. The number of dihydropyridines is 1. The SMILES string of the molecule is NC(=O)CC[C@H](N=CCC1=CC(C(=O)O)=N[C@H](C(=O)O)C1)C(=O)O. The predicted octanol–water partition coefficient (Wildman–Crippen LogP) is -0.525. The topological polar surface area (TPSA) is 180 Å². The van der Waals surface area contributed by atoms with Crippen LogP contribution in [-0.2, 0) is 19.2 Å². The van der Waals surface area contributed by atoms with Crippen molar-refractivity contribution >= 4 is 35.7 Å². The van der Waals surface area contributed by atoms with Crippen LogP contribution in [0.5, 0.6) is 0 Å². The predicted molar refractivity (Wildman–Crippen MR) is 82.2 cm³/mol. The van der Waals surface area contributed by atoms with E-state index in [2.05, 4.69) is 9.98 Å². The second-order valence-corrected chi connectivity index (χ2v) is 5.08. The quantitative estimate of drug-likeness (QED) is 0.407. The lowest BCUT2D eigenvalue weighted by Crippen LogP contribution is -2.27. The fourth-order valence-corrected chi connectivity index (χ4v) is 1.99. The molecule has 0 radical (unpaired) electrons.